The van der Waals surface area contributed by atoms with Crippen LogP contribution in [0.4, 0.5) is 11.4 Å². The zero-order chi connectivity index (χ0) is 16.4. The maximum absolute atomic E-state index is 11.6. The number of rotatable bonds is 4. The maximum Gasteiger partial charge on any atom is 0.437 e. The zero-order valence-electron chi connectivity index (χ0n) is 12.8. The summed E-state index contributed by atoms with van der Waals surface area (Å²) in [4.78, 5) is 24.0. The lowest BCUT2D eigenvalue weighted by atomic mass is 9.96. The molecule has 8 heteroatoms. The molecule has 0 saturated carbocycles. The standard InChI is InChI=1S/C15H18N4O4/c1-2-18-15(20)23-14(16-18)11-7-9-17(10-8-11)12-3-5-13(6-4-12)19(21)22/h3-6,11H,2,7-10H2,1H3. The van der Waals surface area contributed by atoms with Gasteiger partial charge >= 0.3 is 5.76 Å². The Labute approximate surface area is 132 Å². The second kappa shape index (κ2) is 6.23. The number of hydrogen-bond donors (Lipinski definition) is 0. The van der Waals surface area contributed by atoms with Crippen molar-refractivity contribution in [2.75, 3.05) is 18.0 Å². The highest BCUT2D eigenvalue weighted by molar-refractivity contribution is 5.51. The van der Waals surface area contributed by atoms with Crippen molar-refractivity contribution in [1.29, 1.82) is 0 Å². The van der Waals surface area contributed by atoms with Gasteiger partial charge in [-0.25, -0.2) is 4.79 Å². The molecule has 3 rings (SSSR count). The summed E-state index contributed by atoms with van der Waals surface area (Å²) < 4.78 is 6.56. The third-order valence-corrected chi connectivity index (χ3v) is 4.19. The smallest absolute Gasteiger partial charge is 0.392 e. The molecule has 1 saturated heterocycles. The molecule has 1 aliphatic heterocycles. The second-order valence-electron chi connectivity index (χ2n) is 5.56. The summed E-state index contributed by atoms with van der Waals surface area (Å²) in [5.41, 5.74) is 1.06. The minimum atomic E-state index is -0.403. The van der Waals surface area contributed by atoms with Crippen molar-refractivity contribution in [3.63, 3.8) is 0 Å². The van der Waals surface area contributed by atoms with E-state index in [1.165, 1.54) is 16.8 Å². The van der Waals surface area contributed by atoms with E-state index in [9.17, 15) is 14.9 Å². The van der Waals surface area contributed by atoms with Gasteiger partial charge in [-0.15, -0.1) is 5.10 Å². The first kappa shape index (κ1) is 15.3. The Balaban J connectivity index is 1.65. The minimum Gasteiger partial charge on any atom is -0.392 e. The van der Waals surface area contributed by atoms with E-state index in [-0.39, 0.29) is 11.6 Å². The Morgan fingerprint density at radius 2 is 1.96 bits per heavy atom. The van der Waals surface area contributed by atoms with Gasteiger partial charge in [0.25, 0.3) is 5.69 Å². The predicted molar refractivity (Wildman–Crippen MR) is 83.7 cm³/mol. The first-order valence-electron chi connectivity index (χ1n) is 7.65. The van der Waals surface area contributed by atoms with Gasteiger partial charge in [0.15, 0.2) is 0 Å². The fourth-order valence-electron chi connectivity index (χ4n) is 2.86. The highest BCUT2D eigenvalue weighted by Gasteiger charge is 2.25. The molecule has 23 heavy (non-hydrogen) atoms. The summed E-state index contributed by atoms with van der Waals surface area (Å²) in [6, 6.07) is 6.57. The number of hydrogen-bond acceptors (Lipinski definition) is 6. The summed E-state index contributed by atoms with van der Waals surface area (Å²) in [7, 11) is 0. The number of non-ortho nitro benzene ring substituents is 1. The average Bonchev–Trinajstić information content (AvgIpc) is 2.96. The Bertz CT molecular complexity index is 742. The van der Waals surface area contributed by atoms with Crippen molar-refractivity contribution >= 4 is 11.4 Å². The van der Waals surface area contributed by atoms with E-state index in [0.29, 0.717) is 12.4 Å². The van der Waals surface area contributed by atoms with Gasteiger partial charge in [0.2, 0.25) is 5.89 Å². The van der Waals surface area contributed by atoms with Gasteiger partial charge in [0, 0.05) is 43.4 Å². The maximum atomic E-state index is 11.6. The van der Waals surface area contributed by atoms with Crippen LogP contribution < -0.4 is 10.7 Å². The molecule has 0 unspecified atom stereocenters. The molecule has 122 valence electrons. The molecule has 8 nitrogen and oxygen atoms in total. The summed E-state index contributed by atoms with van der Waals surface area (Å²) in [6.45, 7) is 3.95. The summed E-state index contributed by atoms with van der Waals surface area (Å²) in [6.07, 6.45) is 1.67. The minimum absolute atomic E-state index is 0.0931. The van der Waals surface area contributed by atoms with E-state index in [0.717, 1.165) is 31.6 Å². The SMILES string of the molecule is CCn1nc(C2CCN(c3ccc([N+](=O)[O-])cc3)CC2)oc1=O. The summed E-state index contributed by atoms with van der Waals surface area (Å²) in [5.74, 6) is 0.255. The Hall–Kier alpha value is -2.64. The molecule has 0 radical (unpaired) electrons. The van der Waals surface area contributed by atoms with Crippen LogP contribution in [0.1, 0.15) is 31.6 Å². The van der Waals surface area contributed by atoms with Crippen LogP contribution in [0.15, 0.2) is 33.5 Å². The molecular weight excluding hydrogens is 300 g/mol. The monoisotopic (exact) mass is 318 g/mol. The Morgan fingerprint density at radius 1 is 1.30 bits per heavy atom. The fraction of sp³-hybridized carbons (Fsp3) is 0.467. The van der Waals surface area contributed by atoms with Crippen molar-refractivity contribution in [1.82, 2.24) is 9.78 Å². The predicted octanol–water partition coefficient (Wildman–Crippen LogP) is 2.15. The Kier molecular flexibility index (Phi) is 4.14. The third-order valence-electron chi connectivity index (χ3n) is 4.19. The van der Waals surface area contributed by atoms with Crippen LogP contribution in [0.5, 0.6) is 0 Å². The van der Waals surface area contributed by atoms with Crippen molar-refractivity contribution < 1.29 is 9.34 Å². The molecule has 0 aliphatic carbocycles. The van der Waals surface area contributed by atoms with Gasteiger partial charge in [0.05, 0.1) is 4.92 Å². The van der Waals surface area contributed by atoms with Crippen molar-refractivity contribution in [3.05, 3.63) is 50.8 Å². The first-order chi connectivity index (χ1) is 11.1. The van der Waals surface area contributed by atoms with Crippen LogP contribution in [0.2, 0.25) is 0 Å². The molecule has 2 aromatic rings. The van der Waals surface area contributed by atoms with Crippen LogP contribution in [0.3, 0.4) is 0 Å². The van der Waals surface area contributed by atoms with Crippen LogP contribution in [0.25, 0.3) is 0 Å². The van der Waals surface area contributed by atoms with Gasteiger partial charge in [-0.2, -0.15) is 4.68 Å². The molecule has 0 bridgehead atoms. The molecule has 1 aliphatic rings. The van der Waals surface area contributed by atoms with E-state index >= 15 is 0 Å². The molecular formula is C15H18N4O4. The van der Waals surface area contributed by atoms with Gasteiger partial charge in [-0.1, -0.05) is 0 Å². The van der Waals surface area contributed by atoms with Crippen LogP contribution >= 0.6 is 0 Å². The number of nitro groups is 1. The van der Waals surface area contributed by atoms with Crippen molar-refractivity contribution in [2.45, 2.75) is 32.2 Å². The second-order valence-corrected chi connectivity index (χ2v) is 5.56. The van der Waals surface area contributed by atoms with E-state index in [1.54, 1.807) is 12.1 Å². The number of benzene rings is 1. The number of nitro benzene ring substituents is 1. The molecule has 0 spiro atoms. The van der Waals surface area contributed by atoms with Crippen LogP contribution in [-0.2, 0) is 6.54 Å². The molecule has 1 aromatic heterocycles. The van der Waals surface area contributed by atoms with E-state index in [4.69, 9.17) is 4.42 Å². The topological polar surface area (TPSA) is 94.4 Å². The van der Waals surface area contributed by atoms with Gasteiger partial charge in [0.1, 0.15) is 0 Å². The number of aryl methyl sites for hydroxylation is 1. The van der Waals surface area contributed by atoms with Crippen molar-refractivity contribution in [3.8, 4) is 0 Å². The lowest BCUT2D eigenvalue weighted by molar-refractivity contribution is -0.384. The van der Waals surface area contributed by atoms with Crippen molar-refractivity contribution in [2.24, 2.45) is 0 Å². The highest BCUT2D eigenvalue weighted by Crippen LogP contribution is 2.29. The van der Waals surface area contributed by atoms with E-state index < -0.39 is 10.7 Å². The van der Waals surface area contributed by atoms with Gasteiger partial charge in [-0.3, -0.25) is 10.1 Å². The normalized spacial score (nSPS) is 15.8. The molecule has 0 amide bonds. The fourth-order valence-corrected chi connectivity index (χ4v) is 2.86. The summed E-state index contributed by atoms with van der Waals surface area (Å²) >= 11 is 0. The lowest BCUT2D eigenvalue weighted by Crippen LogP contribution is -2.33. The number of aromatic nitrogens is 2. The van der Waals surface area contributed by atoms with E-state index in [2.05, 4.69) is 10.00 Å². The molecule has 1 fully saturated rings. The average molecular weight is 318 g/mol. The highest BCUT2D eigenvalue weighted by atomic mass is 16.6. The molecule has 2 heterocycles. The first-order valence-corrected chi connectivity index (χ1v) is 7.65. The molecule has 0 atom stereocenters. The summed E-state index contributed by atoms with van der Waals surface area (Å²) in [5, 5.41) is 14.9. The van der Waals surface area contributed by atoms with E-state index in [1.807, 2.05) is 6.92 Å². The number of nitrogens with zero attached hydrogens (tertiary/aromatic N) is 4. The largest absolute Gasteiger partial charge is 0.437 e. The van der Waals surface area contributed by atoms with Gasteiger partial charge < -0.3 is 9.32 Å². The Morgan fingerprint density at radius 3 is 2.48 bits per heavy atom. The molecule has 1 aromatic carbocycles. The number of anilines is 1. The third kappa shape index (κ3) is 3.10. The van der Waals surface area contributed by atoms with Crippen LogP contribution in [-0.4, -0.2) is 27.8 Å². The van der Waals surface area contributed by atoms with Gasteiger partial charge in [-0.05, 0) is 31.9 Å². The zero-order valence-corrected chi connectivity index (χ0v) is 12.8. The molecule has 0 N–H and O–H groups in total. The quantitative estimate of drug-likeness (QED) is 0.633. The van der Waals surface area contributed by atoms with Crippen LogP contribution in [0, 0.1) is 10.1 Å². The number of piperidine rings is 1. The lowest BCUT2D eigenvalue weighted by Gasteiger charge is -2.32.